The number of aromatic nitrogens is 1. The minimum atomic E-state index is -0.336. The largest absolute Gasteiger partial charge is 0.452 e. The van der Waals surface area contributed by atoms with Crippen molar-refractivity contribution in [1.82, 2.24) is 4.98 Å². The zero-order valence-corrected chi connectivity index (χ0v) is 12.0. The highest BCUT2D eigenvalue weighted by Crippen LogP contribution is 2.23. The summed E-state index contributed by atoms with van der Waals surface area (Å²) in [5.41, 5.74) is 4.67. The van der Waals surface area contributed by atoms with E-state index in [1.165, 1.54) is 11.1 Å². The van der Waals surface area contributed by atoms with Crippen molar-refractivity contribution >= 4 is 17.1 Å². The van der Waals surface area contributed by atoms with Gasteiger partial charge in [-0.05, 0) is 54.7 Å². The number of hydrogen-bond acceptors (Lipinski definition) is 4. The molecule has 4 rings (SSSR count). The van der Waals surface area contributed by atoms with Crippen LogP contribution in [0, 0.1) is 0 Å². The molecular weight excluding hydrogens is 278 g/mol. The molecule has 0 saturated carbocycles. The van der Waals surface area contributed by atoms with Crippen LogP contribution in [0.25, 0.3) is 11.1 Å². The van der Waals surface area contributed by atoms with Crippen molar-refractivity contribution in [3.63, 3.8) is 0 Å². The first kappa shape index (κ1) is 13.1. The zero-order chi connectivity index (χ0) is 14.9. The van der Waals surface area contributed by atoms with Crippen LogP contribution in [-0.2, 0) is 24.2 Å². The van der Waals surface area contributed by atoms with Crippen LogP contribution in [0.4, 0.5) is 0 Å². The first-order chi connectivity index (χ1) is 10.8. The molecule has 0 fully saturated rings. The van der Waals surface area contributed by atoms with Crippen LogP contribution in [0.1, 0.15) is 33.8 Å². The molecule has 0 aliphatic heterocycles. The van der Waals surface area contributed by atoms with Crippen molar-refractivity contribution in [2.24, 2.45) is 0 Å². The molecule has 0 saturated heterocycles. The van der Waals surface area contributed by atoms with Crippen LogP contribution in [0.5, 0.6) is 0 Å². The summed E-state index contributed by atoms with van der Waals surface area (Å²) < 4.78 is 10.8. The Morgan fingerprint density at radius 2 is 2.00 bits per heavy atom. The normalized spacial score (nSPS) is 13.3. The number of aryl methyl sites for hydroxylation is 2. The lowest BCUT2D eigenvalue weighted by Gasteiger charge is -2.04. The number of esters is 1. The van der Waals surface area contributed by atoms with Gasteiger partial charge in [0.2, 0.25) is 5.89 Å². The third-order valence-electron chi connectivity index (χ3n) is 4.00. The van der Waals surface area contributed by atoms with E-state index in [0.29, 0.717) is 17.0 Å². The Balaban J connectivity index is 1.47. The molecule has 110 valence electrons. The fraction of sp³-hybridized carbons (Fsp3) is 0.222. The van der Waals surface area contributed by atoms with Gasteiger partial charge in [-0.2, -0.15) is 0 Å². The maximum Gasteiger partial charge on any atom is 0.338 e. The van der Waals surface area contributed by atoms with Crippen LogP contribution >= 0.6 is 0 Å². The molecule has 3 aromatic rings. The van der Waals surface area contributed by atoms with Gasteiger partial charge in [0.15, 0.2) is 12.2 Å². The Bertz CT molecular complexity index is 817. The smallest absolute Gasteiger partial charge is 0.338 e. The lowest BCUT2D eigenvalue weighted by molar-refractivity contribution is 0.0440. The van der Waals surface area contributed by atoms with E-state index >= 15 is 0 Å². The maximum atomic E-state index is 12.1. The Labute approximate surface area is 127 Å². The van der Waals surface area contributed by atoms with E-state index < -0.39 is 0 Å². The Morgan fingerprint density at radius 3 is 2.91 bits per heavy atom. The third kappa shape index (κ3) is 2.37. The highest BCUT2D eigenvalue weighted by molar-refractivity contribution is 5.89. The molecule has 22 heavy (non-hydrogen) atoms. The van der Waals surface area contributed by atoms with Crippen molar-refractivity contribution in [2.75, 3.05) is 0 Å². The fourth-order valence-electron chi connectivity index (χ4n) is 2.89. The number of para-hydroxylation sites is 2. The van der Waals surface area contributed by atoms with Crippen molar-refractivity contribution in [3.05, 3.63) is 65.0 Å². The van der Waals surface area contributed by atoms with Gasteiger partial charge in [0, 0.05) is 0 Å². The number of rotatable bonds is 3. The first-order valence-corrected chi connectivity index (χ1v) is 7.43. The number of carbonyl (C=O) groups excluding carboxylic acids is 1. The number of ether oxygens (including phenoxy) is 1. The third-order valence-corrected chi connectivity index (χ3v) is 4.00. The van der Waals surface area contributed by atoms with E-state index in [2.05, 4.69) is 4.98 Å². The topological polar surface area (TPSA) is 52.3 Å². The van der Waals surface area contributed by atoms with Gasteiger partial charge in [0.25, 0.3) is 0 Å². The molecule has 0 bridgehead atoms. The highest BCUT2D eigenvalue weighted by atomic mass is 16.5. The molecule has 1 aromatic heterocycles. The lowest BCUT2D eigenvalue weighted by atomic mass is 10.1. The molecule has 2 aromatic carbocycles. The predicted molar refractivity (Wildman–Crippen MR) is 81.6 cm³/mol. The molecule has 1 heterocycles. The second-order valence-electron chi connectivity index (χ2n) is 5.49. The zero-order valence-electron chi connectivity index (χ0n) is 12.0. The molecule has 1 aliphatic carbocycles. The molecule has 0 radical (unpaired) electrons. The molecule has 0 unspecified atom stereocenters. The van der Waals surface area contributed by atoms with Gasteiger partial charge in [-0.1, -0.05) is 18.2 Å². The van der Waals surface area contributed by atoms with Gasteiger partial charge in [-0.15, -0.1) is 0 Å². The van der Waals surface area contributed by atoms with E-state index in [4.69, 9.17) is 9.15 Å². The Morgan fingerprint density at radius 1 is 1.14 bits per heavy atom. The molecular formula is C18H15NO3. The molecule has 4 nitrogen and oxygen atoms in total. The number of benzene rings is 2. The van der Waals surface area contributed by atoms with Crippen LogP contribution in [-0.4, -0.2) is 11.0 Å². The Hall–Kier alpha value is -2.62. The van der Waals surface area contributed by atoms with Gasteiger partial charge in [0.05, 0.1) is 5.56 Å². The van der Waals surface area contributed by atoms with Crippen LogP contribution in [0.15, 0.2) is 46.9 Å². The average Bonchev–Trinajstić information content (AvgIpc) is 3.17. The molecule has 0 atom stereocenters. The van der Waals surface area contributed by atoms with Crippen LogP contribution in [0.2, 0.25) is 0 Å². The summed E-state index contributed by atoms with van der Waals surface area (Å²) >= 11 is 0. The van der Waals surface area contributed by atoms with Crippen molar-refractivity contribution in [3.8, 4) is 0 Å². The van der Waals surface area contributed by atoms with Crippen molar-refractivity contribution < 1.29 is 13.9 Å². The first-order valence-electron chi connectivity index (χ1n) is 7.43. The average molecular weight is 293 g/mol. The maximum absolute atomic E-state index is 12.1. The lowest BCUT2D eigenvalue weighted by Crippen LogP contribution is -2.06. The van der Waals surface area contributed by atoms with Gasteiger partial charge in [0.1, 0.15) is 5.52 Å². The Kier molecular flexibility index (Phi) is 3.15. The van der Waals surface area contributed by atoms with E-state index in [0.717, 1.165) is 24.8 Å². The number of fused-ring (bicyclic) bond motifs is 2. The van der Waals surface area contributed by atoms with Crippen molar-refractivity contribution in [1.29, 1.82) is 0 Å². The standard InChI is InChI=1S/C18H15NO3/c20-18(14-9-8-12-4-3-5-13(12)10-14)21-11-17-19-15-6-1-2-7-16(15)22-17/h1-2,6-10H,3-5,11H2. The molecule has 0 N–H and O–H groups in total. The summed E-state index contributed by atoms with van der Waals surface area (Å²) in [4.78, 5) is 16.4. The molecule has 0 spiro atoms. The van der Waals surface area contributed by atoms with Gasteiger partial charge in [-0.25, -0.2) is 9.78 Å². The van der Waals surface area contributed by atoms with Crippen molar-refractivity contribution in [2.45, 2.75) is 25.9 Å². The predicted octanol–water partition coefficient (Wildman–Crippen LogP) is 3.67. The minimum absolute atomic E-state index is 0.0462. The second kappa shape index (κ2) is 5.30. The van der Waals surface area contributed by atoms with E-state index in [1.807, 2.05) is 42.5 Å². The number of oxazole rings is 1. The minimum Gasteiger partial charge on any atom is -0.452 e. The van der Waals surface area contributed by atoms with Gasteiger partial charge < -0.3 is 9.15 Å². The molecule has 0 amide bonds. The summed E-state index contributed by atoms with van der Waals surface area (Å²) in [7, 11) is 0. The number of nitrogens with zero attached hydrogens (tertiary/aromatic N) is 1. The second-order valence-corrected chi connectivity index (χ2v) is 5.49. The van der Waals surface area contributed by atoms with Gasteiger partial charge >= 0.3 is 5.97 Å². The van der Waals surface area contributed by atoms with E-state index in [1.54, 1.807) is 0 Å². The number of hydrogen-bond donors (Lipinski definition) is 0. The van der Waals surface area contributed by atoms with E-state index in [-0.39, 0.29) is 12.6 Å². The summed E-state index contributed by atoms with van der Waals surface area (Å²) in [6.07, 6.45) is 3.31. The fourth-order valence-corrected chi connectivity index (χ4v) is 2.89. The summed E-state index contributed by atoms with van der Waals surface area (Å²) in [5.74, 6) is 0.0765. The van der Waals surface area contributed by atoms with E-state index in [9.17, 15) is 4.79 Å². The summed E-state index contributed by atoms with van der Waals surface area (Å²) in [5, 5.41) is 0. The monoisotopic (exact) mass is 293 g/mol. The molecule has 1 aliphatic rings. The van der Waals surface area contributed by atoms with Gasteiger partial charge in [-0.3, -0.25) is 0 Å². The van der Waals surface area contributed by atoms with Crippen LogP contribution < -0.4 is 0 Å². The quantitative estimate of drug-likeness (QED) is 0.691. The summed E-state index contributed by atoms with van der Waals surface area (Å²) in [6.45, 7) is 0.0462. The summed E-state index contributed by atoms with van der Waals surface area (Å²) in [6, 6.07) is 13.3. The highest BCUT2D eigenvalue weighted by Gasteiger charge is 2.15. The SMILES string of the molecule is O=C(OCc1nc2ccccc2o1)c1ccc2c(c1)CCC2. The number of carbonyl (C=O) groups is 1. The molecule has 4 heteroatoms. The van der Waals surface area contributed by atoms with Crippen LogP contribution in [0.3, 0.4) is 0 Å².